The maximum absolute atomic E-state index is 12.7. The molecule has 8 rings (SSSR count). The molecular weight excluding hydrogens is 847 g/mol. The summed E-state index contributed by atoms with van der Waals surface area (Å²) in [6.45, 7) is 12.3. The Hall–Kier alpha value is -7.08. The number of hydrogen-bond donors (Lipinski definition) is 5. The molecule has 8 aromatic rings. The number of nitrogens with two attached hydrogens (primary N) is 1. The molecule has 0 unspecified atom stereocenters. The fourth-order valence-corrected chi connectivity index (χ4v) is 5.84. The Bertz CT molecular complexity index is 2790. The van der Waals surface area contributed by atoms with E-state index < -0.39 is 11.4 Å². The summed E-state index contributed by atoms with van der Waals surface area (Å²) in [5.74, 6) is 3.30. The number of hydrogen-bond acceptors (Lipinski definition) is 13. The second-order valence-electron chi connectivity index (χ2n) is 15.4. The largest absolute Gasteiger partial charge is 0.478 e. The van der Waals surface area contributed by atoms with Gasteiger partial charge in [-0.2, -0.15) is 20.2 Å². The molecule has 0 saturated heterocycles. The van der Waals surface area contributed by atoms with Gasteiger partial charge in [0.1, 0.15) is 11.6 Å². The number of carbonyl (C=O) groups excluding carboxylic acids is 1. The number of carboxylic acid groups (broad SMARTS) is 1. The molecule has 0 bridgehead atoms. The van der Waals surface area contributed by atoms with E-state index >= 15 is 0 Å². The van der Waals surface area contributed by atoms with E-state index in [1.165, 1.54) is 12.1 Å². The van der Waals surface area contributed by atoms with Crippen molar-refractivity contribution >= 4 is 35.1 Å². The number of carbonyl (C=O) groups is 2. The fraction of sp³-hybridized carbons (Fsp3) is 0.227. The van der Waals surface area contributed by atoms with Crippen LogP contribution in [0.3, 0.4) is 0 Å². The van der Waals surface area contributed by atoms with Crippen LogP contribution in [0.4, 0.5) is 0 Å². The Morgan fingerprint density at radius 1 is 0.635 bits per heavy atom. The van der Waals surface area contributed by atoms with Gasteiger partial charge < -0.3 is 25.2 Å². The summed E-state index contributed by atoms with van der Waals surface area (Å²) in [5.41, 5.74) is 8.90. The molecule has 324 valence electrons. The zero-order chi connectivity index (χ0) is 45.3. The molecule has 0 radical (unpaired) electrons. The minimum atomic E-state index is -0.975. The smallest absolute Gasteiger partial charge is 0.335 e. The molecule has 4 aromatic carbocycles. The summed E-state index contributed by atoms with van der Waals surface area (Å²) in [5, 5.41) is 35.1. The minimum Gasteiger partial charge on any atom is -0.478 e. The highest BCUT2D eigenvalue weighted by molar-refractivity contribution is 6.30. The van der Waals surface area contributed by atoms with Gasteiger partial charge in [0.2, 0.25) is 23.4 Å². The Morgan fingerprint density at radius 3 is 1.51 bits per heavy atom. The van der Waals surface area contributed by atoms with E-state index in [0.29, 0.717) is 80.7 Å². The third-order valence-corrected chi connectivity index (χ3v) is 9.97. The number of carboxylic acids is 1. The SMILES string of the molecule is CC(C)(CN)c1nc(-c2ccc(Cl)cc2)n[nH]1.Cc1nc(-c2cccc(C(=O)NCC(C)(C)c3nc(-c4ccc(Cl)cc4)n[nH]3)c2)no1.Cc1nc(-c2cccc(C(=O)O)c2)no1. The van der Waals surface area contributed by atoms with Crippen molar-refractivity contribution in [2.75, 3.05) is 13.1 Å². The number of aromatic nitrogens is 10. The van der Waals surface area contributed by atoms with Gasteiger partial charge in [-0.1, -0.05) is 85.5 Å². The van der Waals surface area contributed by atoms with Crippen LogP contribution in [0.5, 0.6) is 0 Å². The summed E-state index contributed by atoms with van der Waals surface area (Å²) >= 11 is 11.8. The quantitative estimate of drug-likeness (QED) is 0.0819. The van der Waals surface area contributed by atoms with E-state index in [0.717, 1.165) is 17.0 Å². The van der Waals surface area contributed by atoms with Gasteiger partial charge in [-0.3, -0.25) is 15.0 Å². The topological polar surface area (TPSA) is 253 Å². The number of halogens is 2. The van der Waals surface area contributed by atoms with E-state index in [1.54, 1.807) is 56.3 Å². The molecule has 0 fully saturated rings. The summed E-state index contributed by atoms with van der Waals surface area (Å²) < 4.78 is 9.83. The van der Waals surface area contributed by atoms with Crippen LogP contribution >= 0.6 is 23.2 Å². The lowest BCUT2D eigenvalue weighted by Gasteiger charge is -2.22. The van der Waals surface area contributed by atoms with Crippen LogP contribution in [0, 0.1) is 13.8 Å². The zero-order valence-corrected chi connectivity index (χ0v) is 36.7. The Morgan fingerprint density at radius 2 is 1.08 bits per heavy atom. The van der Waals surface area contributed by atoms with Crippen molar-refractivity contribution in [3.05, 3.63) is 142 Å². The lowest BCUT2D eigenvalue weighted by Crippen LogP contribution is -2.37. The molecule has 4 heterocycles. The highest BCUT2D eigenvalue weighted by Crippen LogP contribution is 2.25. The number of aromatic carboxylic acids is 1. The van der Waals surface area contributed by atoms with Crippen LogP contribution in [0.15, 0.2) is 106 Å². The van der Waals surface area contributed by atoms with Gasteiger partial charge in [0.25, 0.3) is 5.91 Å². The standard InChI is InChI=1S/C22H21ClN6O2.C12H15ClN4.C10H8N2O3/c1-13-25-19(29-31-13)15-5-4-6-16(11-15)20(30)24-12-22(2,3)21-26-18(27-28-21)14-7-9-17(23)10-8-14;1-12(2,7-14)11-15-10(16-17-11)8-3-5-9(13)6-4-8;1-6-11-9(12-15-6)7-3-2-4-8(5-7)10(13)14/h4-11H,12H2,1-3H3,(H,24,30)(H,26,27,28);3-6H,7,14H2,1-2H3,(H,15,16,17);2-5H,1H3,(H,13,14). The molecule has 0 atom stereocenters. The van der Waals surface area contributed by atoms with Crippen LogP contribution in [0.2, 0.25) is 10.0 Å². The molecule has 1 amide bonds. The molecule has 0 saturated carbocycles. The van der Waals surface area contributed by atoms with Gasteiger partial charge in [-0.15, -0.1) is 0 Å². The Labute approximate surface area is 371 Å². The first-order valence-electron chi connectivity index (χ1n) is 19.4. The molecule has 19 heteroatoms. The van der Waals surface area contributed by atoms with Crippen molar-refractivity contribution in [3.8, 4) is 45.6 Å². The van der Waals surface area contributed by atoms with Crippen LogP contribution in [-0.2, 0) is 10.8 Å². The van der Waals surface area contributed by atoms with Crippen molar-refractivity contribution in [3.63, 3.8) is 0 Å². The van der Waals surface area contributed by atoms with Crippen molar-refractivity contribution in [2.45, 2.75) is 52.4 Å². The maximum Gasteiger partial charge on any atom is 0.335 e. The van der Waals surface area contributed by atoms with Crippen molar-refractivity contribution < 1.29 is 23.7 Å². The van der Waals surface area contributed by atoms with Gasteiger partial charge in [0, 0.05) is 75.6 Å². The van der Waals surface area contributed by atoms with E-state index in [4.69, 9.17) is 43.1 Å². The monoisotopic (exact) mass is 890 g/mol. The highest BCUT2D eigenvalue weighted by atomic mass is 35.5. The third-order valence-electron chi connectivity index (χ3n) is 9.46. The predicted molar refractivity (Wildman–Crippen MR) is 237 cm³/mol. The first-order valence-corrected chi connectivity index (χ1v) is 20.2. The average Bonchev–Trinajstić information content (AvgIpc) is 4.13. The molecular formula is C44H44Cl2N12O5. The van der Waals surface area contributed by atoms with E-state index in [9.17, 15) is 9.59 Å². The molecule has 0 aliphatic carbocycles. The van der Waals surface area contributed by atoms with E-state index in [-0.39, 0.29) is 16.9 Å². The number of benzene rings is 4. The number of amides is 1. The van der Waals surface area contributed by atoms with Crippen LogP contribution in [0.25, 0.3) is 45.6 Å². The number of H-pyrrole nitrogens is 2. The summed E-state index contributed by atoms with van der Waals surface area (Å²) in [7, 11) is 0. The van der Waals surface area contributed by atoms with Gasteiger partial charge in [-0.05, 0) is 72.8 Å². The number of aromatic amines is 2. The average molecular weight is 892 g/mol. The lowest BCUT2D eigenvalue weighted by atomic mass is 9.92. The predicted octanol–water partition coefficient (Wildman–Crippen LogP) is 8.30. The van der Waals surface area contributed by atoms with Crippen LogP contribution in [-0.4, -0.2) is 80.7 Å². The molecule has 0 aliphatic heterocycles. The lowest BCUT2D eigenvalue weighted by molar-refractivity contribution is 0.0696. The first-order chi connectivity index (χ1) is 30.0. The number of rotatable bonds is 11. The Kier molecular flexibility index (Phi) is 14.2. The van der Waals surface area contributed by atoms with Crippen molar-refractivity contribution in [2.24, 2.45) is 5.73 Å². The fourth-order valence-electron chi connectivity index (χ4n) is 5.59. The molecule has 63 heavy (non-hydrogen) atoms. The maximum atomic E-state index is 12.7. The van der Waals surface area contributed by atoms with Crippen LogP contribution in [0.1, 0.15) is 71.8 Å². The summed E-state index contributed by atoms with van der Waals surface area (Å²) in [6, 6.07) is 28.2. The van der Waals surface area contributed by atoms with E-state index in [2.05, 4.69) is 56.0 Å². The molecule has 0 spiro atoms. The number of nitrogens with zero attached hydrogens (tertiary/aromatic N) is 8. The van der Waals surface area contributed by atoms with Gasteiger partial charge >= 0.3 is 5.97 Å². The first kappa shape index (κ1) is 45.4. The highest BCUT2D eigenvalue weighted by Gasteiger charge is 2.27. The van der Waals surface area contributed by atoms with Crippen LogP contribution < -0.4 is 11.1 Å². The second-order valence-corrected chi connectivity index (χ2v) is 16.3. The number of nitrogens with one attached hydrogen (secondary N) is 3. The zero-order valence-electron chi connectivity index (χ0n) is 35.1. The summed E-state index contributed by atoms with van der Waals surface area (Å²) in [4.78, 5) is 40.7. The Balaban J connectivity index is 0.000000174. The number of aryl methyl sites for hydroxylation is 2. The molecule has 0 aliphatic rings. The third kappa shape index (κ3) is 11.9. The summed E-state index contributed by atoms with van der Waals surface area (Å²) in [6.07, 6.45) is 0. The van der Waals surface area contributed by atoms with Crippen molar-refractivity contribution in [1.29, 1.82) is 0 Å². The molecule has 17 nitrogen and oxygen atoms in total. The van der Waals surface area contributed by atoms with Gasteiger partial charge in [-0.25, -0.2) is 14.8 Å². The molecule has 6 N–H and O–H groups in total. The minimum absolute atomic E-state index is 0.197. The normalized spacial score (nSPS) is 11.3. The molecule has 4 aromatic heterocycles. The van der Waals surface area contributed by atoms with E-state index in [1.807, 2.05) is 70.2 Å². The van der Waals surface area contributed by atoms with Crippen molar-refractivity contribution in [1.82, 2.24) is 56.0 Å². The second kappa shape index (κ2) is 19.7. The van der Waals surface area contributed by atoms with Gasteiger partial charge in [0.15, 0.2) is 11.6 Å². The van der Waals surface area contributed by atoms with Gasteiger partial charge in [0.05, 0.1) is 5.56 Å².